The number of halogens is 3. The molecule has 0 radical (unpaired) electrons. The quantitative estimate of drug-likeness (QED) is 0.876. The van der Waals surface area contributed by atoms with E-state index in [-0.39, 0.29) is 24.2 Å². The van der Waals surface area contributed by atoms with Gasteiger partial charge in [0.15, 0.2) is 11.6 Å². The monoisotopic (exact) mass is 340 g/mol. The summed E-state index contributed by atoms with van der Waals surface area (Å²) >= 11 is 0. The Morgan fingerprint density at radius 2 is 1.78 bits per heavy atom. The molecule has 0 heterocycles. The topological polar surface area (TPSA) is 55.1 Å². The van der Waals surface area contributed by atoms with E-state index in [0.717, 1.165) is 17.7 Å². The lowest BCUT2D eigenvalue weighted by atomic mass is 10.0. The molecular weight excluding hydrogens is 322 g/mol. The van der Waals surface area contributed by atoms with Crippen LogP contribution in [0.3, 0.4) is 0 Å². The Morgan fingerprint density at radius 3 is 2.35 bits per heavy atom. The fourth-order valence-corrected chi connectivity index (χ4v) is 2.08. The van der Waals surface area contributed by atoms with Crippen LogP contribution in [0.25, 0.3) is 0 Å². The Kier molecular flexibility index (Phi) is 7.13. The number of nitrogens with one attached hydrogen (secondary N) is 1. The molecule has 0 aromatic heterocycles. The summed E-state index contributed by atoms with van der Waals surface area (Å²) < 4.78 is 26.1. The Bertz CT molecular complexity index is 662. The van der Waals surface area contributed by atoms with Gasteiger partial charge in [0.25, 0.3) is 5.91 Å². The van der Waals surface area contributed by atoms with Crippen molar-refractivity contribution in [3.63, 3.8) is 0 Å². The van der Waals surface area contributed by atoms with Crippen LogP contribution in [0, 0.1) is 11.6 Å². The maximum Gasteiger partial charge on any atom is 0.251 e. The van der Waals surface area contributed by atoms with E-state index in [2.05, 4.69) is 5.32 Å². The lowest BCUT2D eigenvalue weighted by molar-refractivity contribution is 0.0951. The normalized spacial score (nSPS) is 11.5. The number of nitrogens with two attached hydrogens (primary N) is 1. The Balaban J connectivity index is 0.00000264. The highest BCUT2D eigenvalue weighted by atomic mass is 35.5. The van der Waals surface area contributed by atoms with Crippen molar-refractivity contribution in [1.29, 1.82) is 0 Å². The van der Waals surface area contributed by atoms with Gasteiger partial charge in [0.05, 0.1) is 0 Å². The van der Waals surface area contributed by atoms with Crippen LogP contribution >= 0.6 is 12.4 Å². The second kappa shape index (κ2) is 8.60. The second-order valence-corrected chi connectivity index (χ2v) is 5.19. The first-order chi connectivity index (χ1) is 10.5. The van der Waals surface area contributed by atoms with Crippen LogP contribution in [0.2, 0.25) is 0 Å². The first kappa shape index (κ1) is 19.1. The van der Waals surface area contributed by atoms with Gasteiger partial charge in [-0.15, -0.1) is 12.4 Å². The van der Waals surface area contributed by atoms with Gasteiger partial charge in [-0.25, -0.2) is 8.78 Å². The van der Waals surface area contributed by atoms with Crippen LogP contribution in [0.5, 0.6) is 0 Å². The zero-order valence-corrected chi connectivity index (χ0v) is 13.5. The van der Waals surface area contributed by atoms with Crippen molar-refractivity contribution >= 4 is 18.3 Å². The van der Waals surface area contributed by atoms with E-state index in [9.17, 15) is 13.6 Å². The van der Waals surface area contributed by atoms with Crippen LogP contribution in [-0.2, 0) is 6.54 Å². The molecule has 3 nitrogen and oxygen atoms in total. The van der Waals surface area contributed by atoms with Crippen molar-refractivity contribution in [2.75, 3.05) is 6.54 Å². The minimum atomic E-state index is -0.881. The van der Waals surface area contributed by atoms with Crippen LogP contribution in [-0.4, -0.2) is 12.5 Å². The number of carbonyl (C=O) groups excluding carboxylic acids is 1. The number of benzene rings is 2. The summed E-state index contributed by atoms with van der Waals surface area (Å²) in [7, 11) is 0. The molecule has 2 aromatic rings. The molecule has 0 saturated heterocycles. The minimum Gasteiger partial charge on any atom is -0.351 e. The van der Waals surface area contributed by atoms with Gasteiger partial charge in [-0.2, -0.15) is 0 Å². The summed E-state index contributed by atoms with van der Waals surface area (Å²) in [5, 5.41) is 2.78. The maximum atomic E-state index is 13.2. The first-order valence-corrected chi connectivity index (χ1v) is 7.03. The fraction of sp³-hybridized carbons (Fsp3) is 0.235. The molecular formula is C17H19ClF2N2O. The van der Waals surface area contributed by atoms with Crippen molar-refractivity contribution < 1.29 is 13.6 Å². The molecule has 1 unspecified atom stereocenters. The van der Waals surface area contributed by atoms with Gasteiger partial charge in [-0.3, -0.25) is 4.79 Å². The number of rotatable bonds is 5. The third kappa shape index (κ3) is 5.01. The molecule has 0 spiro atoms. The van der Waals surface area contributed by atoms with Crippen molar-refractivity contribution in [1.82, 2.24) is 5.32 Å². The summed E-state index contributed by atoms with van der Waals surface area (Å²) in [5.41, 5.74) is 7.63. The summed E-state index contributed by atoms with van der Waals surface area (Å²) in [6, 6.07) is 10.8. The SMILES string of the molecule is CC(CNC(=O)c1ccc(CN)cc1)c1ccc(F)c(F)c1.Cl. The molecule has 0 bridgehead atoms. The molecule has 0 aliphatic rings. The zero-order valence-electron chi connectivity index (χ0n) is 12.7. The lowest BCUT2D eigenvalue weighted by Crippen LogP contribution is -2.27. The molecule has 2 rings (SSSR count). The van der Waals surface area contributed by atoms with E-state index in [4.69, 9.17) is 5.73 Å². The Morgan fingerprint density at radius 1 is 1.13 bits per heavy atom. The molecule has 124 valence electrons. The van der Waals surface area contributed by atoms with Crippen LogP contribution in [0.4, 0.5) is 8.78 Å². The highest BCUT2D eigenvalue weighted by Gasteiger charge is 2.11. The molecule has 23 heavy (non-hydrogen) atoms. The highest BCUT2D eigenvalue weighted by Crippen LogP contribution is 2.17. The summed E-state index contributed by atoms with van der Waals surface area (Å²) in [6.45, 7) is 2.60. The second-order valence-electron chi connectivity index (χ2n) is 5.19. The van der Waals surface area contributed by atoms with E-state index in [0.29, 0.717) is 24.2 Å². The lowest BCUT2D eigenvalue weighted by Gasteiger charge is -2.13. The smallest absolute Gasteiger partial charge is 0.251 e. The standard InChI is InChI=1S/C17H18F2N2O.ClH/c1-11(14-6-7-15(18)16(19)8-14)10-21-17(22)13-4-2-12(9-20)3-5-13;/h2-8,11H,9-10,20H2,1H3,(H,21,22);1H. The predicted molar refractivity (Wildman–Crippen MR) is 88.7 cm³/mol. The van der Waals surface area contributed by atoms with Crippen LogP contribution in [0.15, 0.2) is 42.5 Å². The number of amides is 1. The number of hydrogen-bond donors (Lipinski definition) is 2. The molecule has 0 aliphatic heterocycles. The summed E-state index contributed by atoms with van der Waals surface area (Å²) in [6.07, 6.45) is 0. The van der Waals surface area contributed by atoms with Gasteiger partial charge in [0.2, 0.25) is 0 Å². The van der Waals surface area contributed by atoms with Gasteiger partial charge in [0.1, 0.15) is 0 Å². The van der Waals surface area contributed by atoms with E-state index in [1.54, 1.807) is 24.3 Å². The Hall–Kier alpha value is -1.98. The third-order valence-corrected chi connectivity index (χ3v) is 3.53. The molecule has 0 aliphatic carbocycles. The zero-order chi connectivity index (χ0) is 16.1. The van der Waals surface area contributed by atoms with Gasteiger partial charge >= 0.3 is 0 Å². The van der Waals surface area contributed by atoms with Gasteiger partial charge in [-0.05, 0) is 41.3 Å². The third-order valence-electron chi connectivity index (χ3n) is 3.53. The molecule has 6 heteroatoms. The van der Waals surface area contributed by atoms with Crippen molar-refractivity contribution in [2.24, 2.45) is 5.73 Å². The average molecular weight is 341 g/mol. The van der Waals surface area contributed by atoms with E-state index >= 15 is 0 Å². The van der Waals surface area contributed by atoms with Crippen LogP contribution < -0.4 is 11.1 Å². The van der Waals surface area contributed by atoms with Crippen molar-refractivity contribution in [3.05, 3.63) is 70.8 Å². The molecule has 0 saturated carbocycles. The minimum absolute atomic E-state index is 0. The summed E-state index contributed by atoms with van der Waals surface area (Å²) in [4.78, 5) is 12.0. The number of hydrogen-bond acceptors (Lipinski definition) is 2. The van der Waals surface area contributed by atoms with Crippen molar-refractivity contribution in [2.45, 2.75) is 19.4 Å². The summed E-state index contributed by atoms with van der Waals surface area (Å²) in [5.74, 6) is -2.09. The maximum absolute atomic E-state index is 13.2. The van der Waals surface area contributed by atoms with E-state index in [1.807, 2.05) is 6.92 Å². The van der Waals surface area contributed by atoms with Gasteiger partial charge in [0, 0.05) is 18.7 Å². The van der Waals surface area contributed by atoms with Gasteiger partial charge < -0.3 is 11.1 Å². The van der Waals surface area contributed by atoms with E-state index in [1.165, 1.54) is 6.07 Å². The fourth-order valence-electron chi connectivity index (χ4n) is 2.08. The first-order valence-electron chi connectivity index (χ1n) is 7.03. The highest BCUT2D eigenvalue weighted by molar-refractivity contribution is 5.94. The van der Waals surface area contributed by atoms with E-state index < -0.39 is 11.6 Å². The largest absolute Gasteiger partial charge is 0.351 e. The number of carbonyl (C=O) groups is 1. The van der Waals surface area contributed by atoms with Gasteiger partial charge in [-0.1, -0.05) is 25.1 Å². The molecule has 3 N–H and O–H groups in total. The Labute approximate surface area is 140 Å². The molecule has 2 aromatic carbocycles. The molecule has 1 amide bonds. The van der Waals surface area contributed by atoms with Crippen molar-refractivity contribution in [3.8, 4) is 0 Å². The predicted octanol–water partition coefficient (Wildman–Crippen LogP) is 3.38. The average Bonchev–Trinajstić information content (AvgIpc) is 2.54. The molecule has 0 fully saturated rings. The van der Waals surface area contributed by atoms with Crippen LogP contribution in [0.1, 0.15) is 34.3 Å². The molecule has 1 atom stereocenters.